The van der Waals surface area contributed by atoms with Gasteiger partial charge in [0, 0.05) is 11.0 Å². The molecule has 2 heterocycles. The molecule has 12 heavy (non-hydrogen) atoms. The van der Waals surface area contributed by atoms with Crippen LogP contribution in [-0.2, 0) is 9.53 Å². The summed E-state index contributed by atoms with van der Waals surface area (Å²) in [4.78, 5) is 12.1. The molecule has 0 bridgehead atoms. The SMILES string of the molecule is O=C1C=CO[C@@H](c2cccs2)C1. The first-order chi connectivity index (χ1) is 5.86. The second-order valence-electron chi connectivity index (χ2n) is 2.61. The van der Waals surface area contributed by atoms with Gasteiger partial charge in [-0.3, -0.25) is 4.79 Å². The predicted molar refractivity (Wildman–Crippen MR) is 46.9 cm³/mol. The maximum Gasteiger partial charge on any atom is 0.162 e. The van der Waals surface area contributed by atoms with Gasteiger partial charge in [0.15, 0.2) is 5.78 Å². The molecule has 1 aliphatic heterocycles. The van der Waals surface area contributed by atoms with Gasteiger partial charge in [-0.05, 0) is 11.4 Å². The van der Waals surface area contributed by atoms with Crippen LogP contribution in [0.1, 0.15) is 17.4 Å². The minimum absolute atomic E-state index is 0.0532. The quantitative estimate of drug-likeness (QED) is 0.662. The van der Waals surface area contributed by atoms with Gasteiger partial charge < -0.3 is 4.74 Å². The van der Waals surface area contributed by atoms with E-state index in [0.717, 1.165) is 4.88 Å². The van der Waals surface area contributed by atoms with Gasteiger partial charge in [-0.25, -0.2) is 0 Å². The van der Waals surface area contributed by atoms with Gasteiger partial charge in [-0.15, -0.1) is 11.3 Å². The third-order valence-corrected chi connectivity index (χ3v) is 2.71. The molecular formula is C9H8O2S. The third kappa shape index (κ3) is 1.41. The molecule has 62 valence electrons. The summed E-state index contributed by atoms with van der Waals surface area (Å²) in [7, 11) is 0. The molecule has 0 unspecified atom stereocenters. The third-order valence-electron chi connectivity index (χ3n) is 1.74. The Morgan fingerprint density at radius 2 is 2.50 bits per heavy atom. The zero-order chi connectivity index (χ0) is 8.39. The Labute approximate surface area is 74.5 Å². The van der Waals surface area contributed by atoms with Crippen molar-refractivity contribution in [3.63, 3.8) is 0 Å². The fourth-order valence-electron chi connectivity index (χ4n) is 1.15. The maximum atomic E-state index is 11.0. The van der Waals surface area contributed by atoms with E-state index in [-0.39, 0.29) is 11.9 Å². The molecular weight excluding hydrogens is 172 g/mol. The lowest BCUT2D eigenvalue weighted by molar-refractivity contribution is -0.118. The van der Waals surface area contributed by atoms with E-state index in [2.05, 4.69) is 0 Å². The van der Waals surface area contributed by atoms with Crippen LogP contribution < -0.4 is 0 Å². The molecule has 0 saturated heterocycles. The van der Waals surface area contributed by atoms with Crippen molar-refractivity contribution in [2.24, 2.45) is 0 Å². The van der Waals surface area contributed by atoms with Crippen molar-refractivity contribution in [3.8, 4) is 0 Å². The Balaban J connectivity index is 2.17. The molecule has 0 aliphatic carbocycles. The summed E-state index contributed by atoms with van der Waals surface area (Å²) in [6.45, 7) is 0. The molecule has 1 atom stereocenters. The number of thiophene rings is 1. The molecule has 0 aromatic carbocycles. The topological polar surface area (TPSA) is 26.3 Å². The van der Waals surface area contributed by atoms with Crippen LogP contribution in [0, 0.1) is 0 Å². The number of hydrogen-bond donors (Lipinski definition) is 0. The van der Waals surface area contributed by atoms with E-state index in [4.69, 9.17) is 4.74 Å². The van der Waals surface area contributed by atoms with Gasteiger partial charge in [-0.2, -0.15) is 0 Å². The van der Waals surface area contributed by atoms with Crippen molar-refractivity contribution >= 4 is 17.1 Å². The zero-order valence-corrected chi connectivity index (χ0v) is 7.21. The van der Waals surface area contributed by atoms with Crippen LogP contribution in [0.5, 0.6) is 0 Å². The van der Waals surface area contributed by atoms with E-state index < -0.39 is 0 Å². The van der Waals surface area contributed by atoms with Gasteiger partial charge in [0.05, 0.1) is 12.7 Å². The van der Waals surface area contributed by atoms with E-state index in [1.807, 2.05) is 17.5 Å². The maximum absolute atomic E-state index is 11.0. The van der Waals surface area contributed by atoms with Crippen molar-refractivity contribution in [1.29, 1.82) is 0 Å². The Kier molecular flexibility index (Phi) is 1.96. The number of carbonyl (C=O) groups excluding carboxylic acids is 1. The monoisotopic (exact) mass is 180 g/mol. The summed E-state index contributed by atoms with van der Waals surface area (Å²) >= 11 is 1.62. The fourth-order valence-corrected chi connectivity index (χ4v) is 1.91. The second-order valence-corrected chi connectivity index (χ2v) is 3.59. The van der Waals surface area contributed by atoms with Gasteiger partial charge >= 0.3 is 0 Å². The number of ketones is 1. The zero-order valence-electron chi connectivity index (χ0n) is 6.40. The number of ether oxygens (including phenoxy) is 1. The van der Waals surface area contributed by atoms with Crippen molar-refractivity contribution in [2.45, 2.75) is 12.5 Å². The first-order valence-electron chi connectivity index (χ1n) is 3.74. The smallest absolute Gasteiger partial charge is 0.162 e. The Morgan fingerprint density at radius 3 is 3.17 bits per heavy atom. The number of allylic oxidation sites excluding steroid dienone is 1. The average molecular weight is 180 g/mol. The lowest BCUT2D eigenvalue weighted by Crippen LogP contribution is -2.09. The first kappa shape index (κ1) is 7.55. The molecule has 3 heteroatoms. The Bertz CT molecular complexity index is 300. The molecule has 0 saturated carbocycles. The van der Waals surface area contributed by atoms with Gasteiger partial charge in [-0.1, -0.05) is 6.07 Å². The Hall–Kier alpha value is -1.09. The molecule has 2 rings (SSSR count). The van der Waals surface area contributed by atoms with E-state index in [1.54, 1.807) is 11.3 Å². The molecule has 1 aromatic rings. The van der Waals surface area contributed by atoms with Crippen LogP contribution in [0.4, 0.5) is 0 Å². The molecule has 1 aromatic heterocycles. The van der Waals surface area contributed by atoms with Crippen molar-refractivity contribution in [3.05, 3.63) is 34.7 Å². The van der Waals surface area contributed by atoms with Gasteiger partial charge in [0.25, 0.3) is 0 Å². The highest BCUT2D eigenvalue weighted by Gasteiger charge is 2.18. The number of carbonyl (C=O) groups is 1. The molecule has 0 amide bonds. The summed E-state index contributed by atoms with van der Waals surface area (Å²) < 4.78 is 5.30. The van der Waals surface area contributed by atoms with Gasteiger partial charge in [0.2, 0.25) is 0 Å². The summed E-state index contributed by atoms with van der Waals surface area (Å²) in [5.74, 6) is 0.139. The second kappa shape index (κ2) is 3.11. The number of rotatable bonds is 1. The average Bonchev–Trinajstić information content (AvgIpc) is 2.56. The number of hydrogen-bond acceptors (Lipinski definition) is 3. The standard InChI is InChI=1S/C9H8O2S/c10-7-3-4-11-8(6-7)9-2-1-5-12-9/h1-5,8H,6H2/t8-/m1/s1. The van der Waals surface area contributed by atoms with Crippen molar-refractivity contribution in [2.75, 3.05) is 0 Å². The molecule has 0 spiro atoms. The predicted octanol–water partition coefficient (Wildman–Crippen LogP) is 2.29. The highest BCUT2D eigenvalue weighted by atomic mass is 32.1. The highest BCUT2D eigenvalue weighted by Crippen LogP contribution is 2.28. The van der Waals surface area contributed by atoms with E-state index in [1.165, 1.54) is 12.3 Å². The van der Waals surface area contributed by atoms with Crippen LogP contribution in [0.15, 0.2) is 29.9 Å². The largest absolute Gasteiger partial charge is 0.492 e. The lowest BCUT2D eigenvalue weighted by Gasteiger charge is -2.16. The van der Waals surface area contributed by atoms with Crippen molar-refractivity contribution < 1.29 is 9.53 Å². The van der Waals surface area contributed by atoms with Gasteiger partial charge in [0.1, 0.15) is 6.10 Å². The van der Waals surface area contributed by atoms with Crippen LogP contribution in [-0.4, -0.2) is 5.78 Å². The summed E-state index contributed by atoms with van der Waals surface area (Å²) in [6.07, 6.45) is 3.37. The van der Waals surface area contributed by atoms with Crippen LogP contribution in [0.3, 0.4) is 0 Å². The summed E-state index contributed by atoms with van der Waals surface area (Å²) in [5.41, 5.74) is 0. The fraction of sp³-hybridized carbons (Fsp3) is 0.222. The van der Waals surface area contributed by atoms with E-state index in [0.29, 0.717) is 6.42 Å². The molecule has 0 radical (unpaired) electrons. The van der Waals surface area contributed by atoms with Crippen LogP contribution in [0.25, 0.3) is 0 Å². The minimum atomic E-state index is -0.0532. The first-order valence-corrected chi connectivity index (χ1v) is 4.62. The lowest BCUT2D eigenvalue weighted by atomic mass is 10.1. The highest BCUT2D eigenvalue weighted by molar-refractivity contribution is 7.10. The van der Waals surface area contributed by atoms with E-state index >= 15 is 0 Å². The summed E-state index contributed by atoms with van der Waals surface area (Å²) in [5, 5.41) is 1.99. The molecule has 0 N–H and O–H groups in total. The molecule has 1 aliphatic rings. The molecule has 0 fully saturated rings. The van der Waals surface area contributed by atoms with Crippen LogP contribution >= 0.6 is 11.3 Å². The van der Waals surface area contributed by atoms with Crippen LogP contribution in [0.2, 0.25) is 0 Å². The Morgan fingerprint density at radius 1 is 1.58 bits per heavy atom. The van der Waals surface area contributed by atoms with Crippen molar-refractivity contribution in [1.82, 2.24) is 0 Å². The summed E-state index contributed by atoms with van der Waals surface area (Å²) in [6, 6.07) is 3.95. The minimum Gasteiger partial charge on any atom is -0.492 e. The molecule has 2 nitrogen and oxygen atoms in total. The normalized spacial score (nSPS) is 22.3. The van der Waals surface area contributed by atoms with E-state index in [9.17, 15) is 4.79 Å².